The van der Waals surface area contributed by atoms with Crippen molar-refractivity contribution < 1.29 is 19.4 Å². The van der Waals surface area contributed by atoms with Gasteiger partial charge in [-0.3, -0.25) is 9.59 Å². The number of aliphatic hydroxyl groups excluding tert-OH is 1. The van der Waals surface area contributed by atoms with Crippen molar-refractivity contribution in [2.75, 3.05) is 6.61 Å². The molecular weight excluding hydrogens is 496 g/mol. The molecular formula is C36H56O4. The summed E-state index contributed by atoms with van der Waals surface area (Å²) in [6, 6.07) is 0. The Bertz CT molecular complexity index is 1090. The van der Waals surface area contributed by atoms with Crippen molar-refractivity contribution in [2.45, 2.75) is 132 Å². The minimum Gasteiger partial charge on any atom is -0.465 e. The predicted octanol–water partition coefficient (Wildman–Crippen LogP) is 8.23. The van der Waals surface area contributed by atoms with Crippen molar-refractivity contribution in [2.24, 2.45) is 50.2 Å². The Kier molecular flexibility index (Phi) is 7.37. The van der Waals surface area contributed by atoms with Crippen molar-refractivity contribution in [1.29, 1.82) is 0 Å². The predicted molar refractivity (Wildman–Crippen MR) is 160 cm³/mol. The summed E-state index contributed by atoms with van der Waals surface area (Å²) in [6.07, 6.45) is 15.3. The van der Waals surface area contributed by atoms with Crippen LogP contribution in [0.15, 0.2) is 24.3 Å². The normalized spacial score (nSPS) is 47.6. The lowest BCUT2D eigenvalue weighted by molar-refractivity contribution is -0.202. The lowest BCUT2D eigenvalue weighted by atomic mass is 9.33. The minimum absolute atomic E-state index is 0.0147. The molecule has 0 heterocycles. The van der Waals surface area contributed by atoms with Crippen LogP contribution in [0.5, 0.6) is 0 Å². The fourth-order valence-electron chi connectivity index (χ4n) is 11.1. The number of fused-ring (bicyclic) bond motifs is 7. The van der Waals surface area contributed by atoms with Gasteiger partial charge in [0.1, 0.15) is 0 Å². The van der Waals surface area contributed by atoms with Crippen LogP contribution in [0.25, 0.3) is 0 Å². The van der Waals surface area contributed by atoms with Gasteiger partial charge in [0.05, 0.1) is 18.1 Å². The molecule has 0 saturated heterocycles. The second kappa shape index (κ2) is 9.81. The van der Waals surface area contributed by atoms with Gasteiger partial charge in [-0.05, 0) is 129 Å². The number of allylic oxidation sites excluding steroid dienone is 3. The highest BCUT2D eigenvalue weighted by Gasteiger charge is 2.70. The van der Waals surface area contributed by atoms with E-state index in [-0.39, 0.29) is 51.0 Å². The molecule has 0 aliphatic heterocycles. The van der Waals surface area contributed by atoms with Gasteiger partial charge in [0.2, 0.25) is 0 Å². The molecule has 224 valence electrons. The minimum atomic E-state index is -0.504. The zero-order valence-corrected chi connectivity index (χ0v) is 26.5. The van der Waals surface area contributed by atoms with Gasteiger partial charge in [-0.2, -0.15) is 0 Å². The van der Waals surface area contributed by atoms with Gasteiger partial charge in [0, 0.05) is 5.92 Å². The maximum atomic E-state index is 14.4. The largest absolute Gasteiger partial charge is 0.465 e. The Morgan fingerprint density at radius 2 is 1.70 bits per heavy atom. The molecule has 0 radical (unpaired) electrons. The Labute approximate surface area is 243 Å². The van der Waals surface area contributed by atoms with Crippen LogP contribution in [-0.4, -0.2) is 29.6 Å². The highest BCUT2D eigenvalue weighted by Crippen LogP contribution is 2.75. The van der Waals surface area contributed by atoms with Crippen LogP contribution in [0.4, 0.5) is 0 Å². The first-order valence-electron chi connectivity index (χ1n) is 16.3. The van der Waals surface area contributed by atoms with Crippen molar-refractivity contribution in [1.82, 2.24) is 0 Å². The number of carbonyl (C=O) groups is 2. The summed E-state index contributed by atoms with van der Waals surface area (Å²) in [5.74, 6) is 0.825. The summed E-state index contributed by atoms with van der Waals surface area (Å²) in [7, 11) is 0. The molecule has 0 amide bonds. The third kappa shape index (κ3) is 4.15. The Balaban J connectivity index is 1.47. The van der Waals surface area contributed by atoms with E-state index >= 15 is 0 Å². The van der Waals surface area contributed by atoms with E-state index in [9.17, 15) is 14.7 Å². The quantitative estimate of drug-likeness (QED) is 0.205. The molecule has 1 N–H and O–H groups in total. The number of esters is 1. The molecule has 5 rings (SSSR count). The second-order valence-electron chi connectivity index (χ2n) is 16.5. The van der Waals surface area contributed by atoms with Gasteiger partial charge in [-0.1, -0.05) is 53.2 Å². The van der Waals surface area contributed by atoms with Gasteiger partial charge in [-0.25, -0.2) is 0 Å². The molecule has 4 unspecified atom stereocenters. The second-order valence-corrected chi connectivity index (χ2v) is 16.5. The molecule has 0 aromatic rings. The van der Waals surface area contributed by atoms with E-state index in [1.54, 1.807) is 0 Å². The summed E-state index contributed by atoms with van der Waals surface area (Å²) in [5, 5.41) is 11.0. The number of rotatable bonds is 6. The molecule has 0 aromatic heterocycles. The Morgan fingerprint density at radius 1 is 1.00 bits per heavy atom. The van der Waals surface area contributed by atoms with Gasteiger partial charge in [-0.15, -0.1) is 6.58 Å². The molecule has 4 saturated carbocycles. The monoisotopic (exact) mass is 552 g/mol. The first-order chi connectivity index (χ1) is 18.6. The van der Waals surface area contributed by atoms with Crippen molar-refractivity contribution >= 4 is 11.8 Å². The average molecular weight is 553 g/mol. The smallest absolute Gasteiger partial charge is 0.311 e. The van der Waals surface area contributed by atoms with E-state index in [0.717, 1.165) is 77.0 Å². The highest BCUT2D eigenvalue weighted by atomic mass is 16.5. The standard InChI is InChI=1S/C36H56O4/c1-9-10-11-12-21-40-30(39)33(5)18-17-32(4)19-20-35(7)24(25(32)23-33)22-26(37)29-34(6)15-14-28(38)31(2,3)27(34)13-16-36(29,35)8/h9,22,25,27-29,38H,1,10-21,23H2,2-8H3/t25?,27?,28?,29?,32-,33+,34+,35-,36-/m1/s1. The summed E-state index contributed by atoms with van der Waals surface area (Å²) in [6.45, 7) is 20.5. The average Bonchev–Trinajstić information content (AvgIpc) is 2.88. The number of aliphatic hydroxyl groups is 1. The first-order valence-corrected chi connectivity index (χ1v) is 16.3. The Hall–Kier alpha value is -1.42. The molecule has 0 spiro atoms. The van der Waals surface area contributed by atoms with E-state index < -0.39 is 5.41 Å². The maximum absolute atomic E-state index is 14.4. The van der Waals surface area contributed by atoms with Gasteiger partial charge < -0.3 is 9.84 Å². The third-order valence-corrected chi connectivity index (χ3v) is 14.1. The summed E-state index contributed by atoms with van der Waals surface area (Å²) in [5.41, 5.74) is 0.505. The van der Waals surface area contributed by atoms with Crippen LogP contribution in [0.3, 0.4) is 0 Å². The Morgan fingerprint density at radius 3 is 2.40 bits per heavy atom. The fourth-order valence-corrected chi connectivity index (χ4v) is 11.1. The zero-order chi connectivity index (χ0) is 29.4. The van der Waals surface area contributed by atoms with Crippen LogP contribution in [0.2, 0.25) is 0 Å². The van der Waals surface area contributed by atoms with Crippen molar-refractivity contribution in [3.05, 3.63) is 24.3 Å². The first kappa shape index (κ1) is 30.1. The van der Waals surface area contributed by atoms with Gasteiger partial charge >= 0.3 is 5.97 Å². The SMILES string of the molecule is C=CCCCCOC(=O)[C@@]1(C)CC[C@]2(C)CC[C@]3(C)C(=CC(=O)C4[C@@]5(C)CCC(O)C(C)(C)C5CC[C@]43C)C2C1. The molecule has 4 nitrogen and oxygen atoms in total. The van der Waals surface area contributed by atoms with Crippen molar-refractivity contribution in [3.8, 4) is 0 Å². The molecule has 40 heavy (non-hydrogen) atoms. The molecule has 5 aliphatic carbocycles. The van der Waals surface area contributed by atoms with Gasteiger partial charge in [0.15, 0.2) is 5.78 Å². The molecule has 9 atom stereocenters. The third-order valence-electron chi connectivity index (χ3n) is 14.1. The lowest BCUT2D eigenvalue weighted by Gasteiger charge is -2.70. The van der Waals surface area contributed by atoms with E-state index in [2.05, 4.69) is 61.1 Å². The van der Waals surface area contributed by atoms with E-state index in [4.69, 9.17) is 4.74 Å². The number of ether oxygens (including phenoxy) is 1. The molecule has 0 aromatic carbocycles. The molecule has 5 aliphatic rings. The number of carbonyl (C=O) groups excluding carboxylic acids is 2. The highest BCUT2D eigenvalue weighted by molar-refractivity contribution is 5.95. The van der Waals surface area contributed by atoms with E-state index in [1.807, 2.05) is 6.08 Å². The summed E-state index contributed by atoms with van der Waals surface area (Å²) >= 11 is 0. The fraction of sp³-hybridized carbons (Fsp3) is 0.833. The molecule has 4 heteroatoms. The van der Waals surface area contributed by atoms with Crippen LogP contribution < -0.4 is 0 Å². The topological polar surface area (TPSA) is 63.6 Å². The van der Waals surface area contributed by atoms with Crippen LogP contribution >= 0.6 is 0 Å². The molecule has 4 fully saturated rings. The van der Waals surface area contributed by atoms with Gasteiger partial charge in [0.25, 0.3) is 0 Å². The van der Waals surface area contributed by atoms with Crippen LogP contribution in [0, 0.1) is 50.2 Å². The lowest BCUT2D eigenvalue weighted by Crippen LogP contribution is -2.66. The van der Waals surface area contributed by atoms with E-state index in [1.165, 1.54) is 5.57 Å². The summed E-state index contributed by atoms with van der Waals surface area (Å²) in [4.78, 5) is 27.9. The van der Waals surface area contributed by atoms with E-state index in [0.29, 0.717) is 18.3 Å². The number of unbranched alkanes of at least 4 members (excludes halogenated alkanes) is 2. The zero-order valence-electron chi connectivity index (χ0n) is 26.5. The van der Waals surface area contributed by atoms with Crippen molar-refractivity contribution in [3.63, 3.8) is 0 Å². The molecule has 0 bridgehead atoms. The van der Waals surface area contributed by atoms with Crippen LogP contribution in [0.1, 0.15) is 126 Å². The number of ketones is 1. The summed E-state index contributed by atoms with van der Waals surface area (Å²) < 4.78 is 5.85. The number of hydrogen-bond acceptors (Lipinski definition) is 4. The maximum Gasteiger partial charge on any atom is 0.311 e. The van der Waals surface area contributed by atoms with Crippen LogP contribution in [-0.2, 0) is 14.3 Å². The number of hydrogen-bond donors (Lipinski definition) is 1.